The molecule has 1 heterocycles. The monoisotopic (exact) mass is 595 g/mol. The molecule has 1 aromatic carbocycles. The lowest BCUT2D eigenvalue weighted by Gasteiger charge is -2.46. The van der Waals surface area contributed by atoms with Crippen molar-refractivity contribution < 1.29 is 35.1 Å². The molecule has 1 aromatic rings. The van der Waals surface area contributed by atoms with Crippen molar-refractivity contribution in [2.24, 2.45) is 0 Å². The molecule has 0 spiro atoms. The molecule has 1 unspecified atom stereocenters. The van der Waals surface area contributed by atoms with Gasteiger partial charge >= 0.3 is 6.18 Å². The fourth-order valence-corrected chi connectivity index (χ4v) is 7.89. The Morgan fingerprint density at radius 2 is 1.79 bits per heavy atom. The van der Waals surface area contributed by atoms with Gasteiger partial charge in [0.25, 0.3) is 0 Å². The summed E-state index contributed by atoms with van der Waals surface area (Å²) in [6.45, 7) is 3.83. The molecule has 14 heteroatoms. The summed E-state index contributed by atoms with van der Waals surface area (Å²) in [4.78, 5) is 0.251. The average molecular weight is 596 g/mol. The smallest absolute Gasteiger partial charge is 0.376 e. The third-order valence-corrected chi connectivity index (χ3v) is 10.7. The molecule has 2 atom stereocenters. The third kappa shape index (κ3) is 6.06. The van der Waals surface area contributed by atoms with Gasteiger partial charge < -0.3 is 10.4 Å². The highest BCUT2D eigenvalue weighted by atomic mass is 32.2. The highest BCUT2D eigenvalue weighted by Gasteiger charge is 2.51. The summed E-state index contributed by atoms with van der Waals surface area (Å²) < 4.78 is 95.2. The van der Waals surface area contributed by atoms with Gasteiger partial charge in [0.2, 0.25) is 20.0 Å². The Bertz CT molecular complexity index is 1340. The lowest BCUT2D eigenvalue weighted by molar-refractivity contribution is -0.258. The van der Waals surface area contributed by atoms with E-state index in [2.05, 4.69) is 5.32 Å². The van der Waals surface area contributed by atoms with Gasteiger partial charge in [0.1, 0.15) is 0 Å². The Kier molecular flexibility index (Phi) is 8.70. The van der Waals surface area contributed by atoms with E-state index in [1.807, 2.05) is 0 Å². The molecule has 3 rings (SSSR count). The van der Waals surface area contributed by atoms with Gasteiger partial charge in [-0.3, -0.25) is 0 Å². The highest BCUT2D eigenvalue weighted by Crippen LogP contribution is 2.39. The molecule has 1 saturated heterocycles. The quantitative estimate of drug-likeness (QED) is 0.445. The van der Waals surface area contributed by atoms with Crippen LogP contribution in [0.15, 0.2) is 47.4 Å². The van der Waals surface area contributed by atoms with Crippen LogP contribution in [0.2, 0.25) is 0 Å². The molecule has 8 nitrogen and oxygen atoms in total. The van der Waals surface area contributed by atoms with Crippen molar-refractivity contribution >= 4 is 37.1 Å². The minimum Gasteiger partial charge on any atom is -0.376 e. The Hall–Kier alpha value is -1.68. The first-order valence-electron chi connectivity index (χ1n) is 11.8. The number of hydrogen-bond donors (Lipinski definition) is 2. The Morgan fingerprint density at radius 3 is 2.29 bits per heavy atom. The fraction of sp³-hybridized carbons (Fsp3) is 0.542. The molecule has 38 heavy (non-hydrogen) atoms. The second-order valence-corrected chi connectivity index (χ2v) is 14.3. The standard InChI is InChI=1S/C24H32F3N3O5S3/c1-17(2)30(37(4,32)33)16-23(19-11-9-18(10-12-19)22(3,31)24(25,26)27)15-29(14-13-28-23)38(34,35)21-8-6-5-7-20(21)36/h5-6,8-12,17,28,31H,7,13-16H2,1-4H3/t22?,23-/m1/s1. The molecule has 1 aliphatic carbocycles. The zero-order chi connectivity index (χ0) is 28.7. The van der Waals surface area contributed by atoms with E-state index in [4.69, 9.17) is 12.2 Å². The fourth-order valence-electron chi connectivity index (χ4n) is 4.57. The van der Waals surface area contributed by atoms with E-state index in [9.17, 15) is 35.1 Å². The van der Waals surface area contributed by atoms with Crippen molar-refractivity contribution in [2.75, 3.05) is 32.4 Å². The van der Waals surface area contributed by atoms with Gasteiger partial charge in [0.15, 0.2) is 5.60 Å². The molecule has 0 aromatic heterocycles. The molecule has 1 fully saturated rings. The van der Waals surface area contributed by atoms with E-state index in [0.717, 1.165) is 18.4 Å². The lowest BCUT2D eigenvalue weighted by Crippen LogP contribution is -2.64. The first kappa shape index (κ1) is 30.9. The van der Waals surface area contributed by atoms with Crippen LogP contribution in [0, 0.1) is 0 Å². The van der Waals surface area contributed by atoms with Crippen LogP contribution in [-0.2, 0) is 31.2 Å². The molecule has 0 saturated carbocycles. The van der Waals surface area contributed by atoms with E-state index >= 15 is 0 Å². The average Bonchev–Trinajstić information content (AvgIpc) is 2.81. The van der Waals surface area contributed by atoms with E-state index in [1.54, 1.807) is 26.0 Å². The van der Waals surface area contributed by atoms with Gasteiger partial charge in [-0.1, -0.05) is 48.6 Å². The molecule has 1 aliphatic heterocycles. The predicted octanol–water partition coefficient (Wildman–Crippen LogP) is 2.77. The number of thiocarbonyl (C=S) groups is 1. The van der Waals surface area contributed by atoms with Crippen molar-refractivity contribution in [1.82, 2.24) is 13.9 Å². The number of benzene rings is 1. The molecule has 0 amide bonds. The van der Waals surface area contributed by atoms with E-state index in [0.29, 0.717) is 18.9 Å². The number of nitrogens with one attached hydrogen (secondary N) is 1. The van der Waals surface area contributed by atoms with Gasteiger partial charge in [-0.15, -0.1) is 0 Å². The highest BCUT2D eigenvalue weighted by molar-refractivity contribution is 7.96. The number of rotatable bonds is 8. The zero-order valence-electron chi connectivity index (χ0n) is 21.5. The number of allylic oxidation sites excluding steroid dienone is 4. The summed E-state index contributed by atoms with van der Waals surface area (Å²) in [6, 6.07) is 4.45. The van der Waals surface area contributed by atoms with Crippen LogP contribution in [0.3, 0.4) is 0 Å². The molecular formula is C24H32F3N3O5S3. The number of aliphatic hydroxyl groups is 1. The largest absolute Gasteiger partial charge is 0.421 e. The summed E-state index contributed by atoms with van der Waals surface area (Å²) in [5, 5.41) is 13.3. The minimum atomic E-state index is -4.93. The second kappa shape index (κ2) is 10.7. The van der Waals surface area contributed by atoms with E-state index in [1.165, 1.54) is 26.8 Å². The van der Waals surface area contributed by atoms with E-state index < -0.39 is 49.0 Å². The predicted molar refractivity (Wildman–Crippen MR) is 143 cm³/mol. The number of sulfonamides is 2. The summed E-state index contributed by atoms with van der Waals surface area (Å²) >= 11 is 5.28. The third-order valence-electron chi connectivity index (χ3n) is 6.83. The number of hydrogen-bond acceptors (Lipinski definition) is 7. The summed E-state index contributed by atoms with van der Waals surface area (Å²) in [5.41, 5.74) is -4.46. The number of piperazine rings is 1. The van der Waals surface area contributed by atoms with Crippen molar-refractivity contribution in [2.45, 2.75) is 50.6 Å². The maximum absolute atomic E-state index is 13.6. The summed E-state index contributed by atoms with van der Waals surface area (Å²) in [5.74, 6) is 0. The molecule has 2 aliphatic rings. The van der Waals surface area contributed by atoms with Crippen molar-refractivity contribution in [3.05, 3.63) is 58.5 Å². The maximum atomic E-state index is 13.6. The van der Waals surface area contributed by atoms with Crippen LogP contribution in [0.1, 0.15) is 38.3 Å². The molecular weight excluding hydrogens is 563 g/mol. The number of nitrogens with zero attached hydrogens (tertiary/aromatic N) is 2. The number of halogens is 3. The normalized spacial score (nSPS) is 23.5. The Morgan fingerprint density at radius 1 is 1.18 bits per heavy atom. The molecule has 2 N–H and O–H groups in total. The SMILES string of the molecule is CC(C)N(C[C@@]1(c2ccc(C(C)(O)C(F)(F)F)cc2)CN(S(=O)(=O)C2=CC=CCC2=S)CCN1)S(C)(=O)=O. The van der Waals surface area contributed by atoms with Crippen LogP contribution >= 0.6 is 12.2 Å². The topological polar surface area (TPSA) is 107 Å². The first-order chi connectivity index (χ1) is 17.3. The number of alkyl halides is 3. The maximum Gasteiger partial charge on any atom is 0.421 e. The zero-order valence-corrected chi connectivity index (χ0v) is 23.9. The van der Waals surface area contributed by atoms with Gasteiger partial charge in [-0.05, 0) is 38.0 Å². The Balaban J connectivity index is 2.12. The van der Waals surface area contributed by atoms with Gasteiger partial charge in [-0.25, -0.2) is 16.8 Å². The van der Waals surface area contributed by atoms with Crippen LogP contribution in [0.4, 0.5) is 13.2 Å². The first-order valence-corrected chi connectivity index (χ1v) is 15.5. The molecule has 0 radical (unpaired) electrons. The van der Waals surface area contributed by atoms with Crippen molar-refractivity contribution in [3.8, 4) is 0 Å². The van der Waals surface area contributed by atoms with Gasteiger partial charge in [0.05, 0.1) is 16.7 Å². The van der Waals surface area contributed by atoms with E-state index in [-0.39, 0.29) is 35.9 Å². The minimum absolute atomic E-state index is 0.00815. The van der Waals surface area contributed by atoms with Crippen LogP contribution < -0.4 is 5.32 Å². The second-order valence-electron chi connectivity index (χ2n) is 9.98. The molecule has 212 valence electrons. The summed E-state index contributed by atoms with van der Waals surface area (Å²) in [7, 11) is -7.80. The van der Waals surface area contributed by atoms with Crippen LogP contribution in [-0.4, -0.2) is 80.1 Å². The van der Waals surface area contributed by atoms with Gasteiger partial charge in [-0.2, -0.15) is 21.8 Å². The summed E-state index contributed by atoms with van der Waals surface area (Å²) in [6.07, 6.45) is 1.19. The molecule has 0 bridgehead atoms. The van der Waals surface area contributed by atoms with Crippen LogP contribution in [0.5, 0.6) is 0 Å². The lowest BCUT2D eigenvalue weighted by atomic mass is 9.85. The van der Waals surface area contributed by atoms with Gasteiger partial charge in [0, 0.05) is 43.5 Å². The van der Waals surface area contributed by atoms with Crippen LogP contribution in [0.25, 0.3) is 0 Å². The van der Waals surface area contributed by atoms with Crippen molar-refractivity contribution in [1.29, 1.82) is 0 Å². The van der Waals surface area contributed by atoms with Crippen molar-refractivity contribution in [3.63, 3.8) is 0 Å². The Labute approximate surface area is 227 Å².